The van der Waals surface area contributed by atoms with Crippen molar-refractivity contribution in [1.82, 2.24) is 4.90 Å². The molecule has 1 saturated heterocycles. The normalized spacial score (nSPS) is 30.0. The van der Waals surface area contributed by atoms with Crippen molar-refractivity contribution in [3.8, 4) is 0 Å². The van der Waals surface area contributed by atoms with Crippen LogP contribution >= 0.6 is 0 Å². The van der Waals surface area contributed by atoms with Crippen molar-refractivity contribution < 1.29 is 14.7 Å². The minimum Gasteiger partial charge on any atom is -0.481 e. The molecule has 2 rings (SSSR count). The van der Waals surface area contributed by atoms with E-state index >= 15 is 0 Å². The van der Waals surface area contributed by atoms with E-state index < -0.39 is 11.4 Å². The van der Waals surface area contributed by atoms with Gasteiger partial charge in [-0.15, -0.1) is 0 Å². The molecule has 1 aliphatic heterocycles. The Morgan fingerprint density at radius 3 is 2.40 bits per heavy atom. The number of carbonyl (C=O) groups excluding carboxylic acids is 1. The van der Waals surface area contributed by atoms with Gasteiger partial charge in [-0.2, -0.15) is 0 Å². The second-order valence-electron chi connectivity index (χ2n) is 6.88. The van der Waals surface area contributed by atoms with E-state index in [2.05, 4.69) is 0 Å². The predicted octanol–water partition coefficient (Wildman–Crippen LogP) is 1.75. The summed E-state index contributed by atoms with van der Waals surface area (Å²) in [5.74, 6) is -0.781. The number of nitrogens with zero attached hydrogens (tertiary/aromatic N) is 1. The lowest BCUT2D eigenvalue weighted by atomic mass is 9.78. The zero-order chi connectivity index (χ0) is 14.8. The highest BCUT2D eigenvalue weighted by atomic mass is 16.4. The summed E-state index contributed by atoms with van der Waals surface area (Å²) in [6.07, 6.45) is 6.96. The van der Waals surface area contributed by atoms with Gasteiger partial charge in [0.15, 0.2) is 0 Å². The van der Waals surface area contributed by atoms with Gasteiger partial charge in [0.1, 0.15) is 0 Å². The molecule has 0 aromatic heterocycles. The number of hydrogen-bond donors (Lipinski definition) is 2. The average molecular weight is 282 g/mol. The number of nitrogens with two attached hydrogens (primary N) is 1. The molecule has 0 radical (unpaired) electrons. The first-order chi connectivity index (χ1) is 9.35. The topological polar surface area (TPSA) is 83.6 Å². The summed E-state index contributed by atoms with van der Waals surface area (Å²) < 4.78 is 0. The molecule has 1 heterocycles. The first-order valence-electron chi connectivity index (χ1n) is 7.65. The summed E-state index contributed by atoms with van der Waals surface area (Å²) in [6.45, 7) is 2.71. The van der Waals surface area contributed by atoms with Gasteiger partial charge in [-0.3, -0.25) is 9.59 Å². The molecule has 0 aromatic rings. The molecule has 1 amide bonds. The van der Waals surface area contributed by atoms with Gasteiger partial charge < -0.3 is 15.7 Å². The number of piperidine rings is 1. The lowest BCUT2D eigenvalue weighted by Gasteiger charge is -2.40. The SMILES string of the molecule is CC1(C(=O)O)CCCN(C(=O)CC2(N)CCCCC2)C1. The molecule has 5 heteroatoms. The Morgan fingerprint density at radius 2 is 1.80 bits per heavy atom. The van der Waals surface area contributed by atoms with Crippen LogP contribution in [0.15, 0.2) is 0 Å². The second kappa shape index (κ2) is 5.72. The van der Waals surface area contributed by atoms with E-state index in [0.29, 0.717) is 25.9 Å². The van der Waals surface area contributed by atoms with Crippen LogP contribution in [-0.2, 0) is 9.59 Å². The maximum Gasteiger partial charge on any atom is 0.311 e. The standard InChI is InChI=1S/C15H26N2O3/c1-14(13(19)20)6-5-9-17(11-14)12(18)10-15(16)7-3-2-4-8-15/h2-11,16H2,1H3,(H,19,20). The fraction of sp³-hybridized carbons (Fsp3) is 0.867. The lowest BCUT2D eigenvalue weighted by molar-refractivity contribution is -0.153. The number of carboxylic acids is 1. The number of hydrogen-bond acceptors (Lipinski definition) is 3. The third kappa shape index (κ3) is 3.32. The van der Waals surface area contributed by atoms with Gasteiger partial charge in [-0.05, 0) is 32.6 Å². The molecular formula is C15H26N2O3. The smallest absolute Gasteiger partial charge is 0.311 e. The van der Waals surface area contributed by atoms with Gasteiger partial charge in [0.2, 0.25) is 5.91 Å². The molecule has 0 aromatic carbocycles. The Morgan fingerprint density at radius 1 is 1.15 bits per heavy atom. The zero-order valence-electron chi connectivity index (χ0n) is 12.4. The maximum atomic E-state index is 12.4. The first kappa shape index (κ1) is 15.3. The number of rotatable bonds is 3. The van der Waals surface area contributed by atoms with Crippen LogP contribution in [0.2, 0.25) is 0 Å². The van der Waals surface area contributed by atoms with Crippen LogP contribution in [0.25, 0.3) is 0 Å². The molecule has 2 aliphatic rings. The maximum absolute atomic E-state index is 12.4. The minimum absolute atomic E-state index is 0.0292. The van der Waals surface area contributed by atoms with Crippen LogP contribution in [-0.4, -0.2) is 40.5 Å². The van der Waals surface area contributed by atoms with Gasteiger partial charge in [0, 0.05) is 25.0 Å². The van der Waals surface area contributed by atoms with Crippen molar-refractivity contribution in [2.75, 3.05) is 13.1 Å². The van der Waals surface area contributed by atoms with Crippen LogP contribution in [0.5, 0.6) is 0 Å². The molecule has 20 heavy (non-hydrogen) atoms. The van der Waals surface area contributed by atoms with Crippen molar-refractivity contribution in [1.29, 1.82) is 0 Å². The van der Waals surface area contributed by atoms with Gasteiger partial charge in [-0.25, -0.2) is 0 Å². The Bertz CT molecular complexity index is 391. The van der Waals surface area contributed by atoms with Crippen LogP contribution < -0.4 is 5.73 Å². The van der Waals surface area contributed by atoms with Crippen LogP contribution in [0, 0.1) is 5.41 Å². The van der Waals surface area contributed by atoms with E-state index in [1.54, 1.807) is 11.8 Å². The largest absolute Gasteiger partial charge is 0.481 e. The quantitative estimate of drug-likeness (QED) is 0.826. The van der Waals surface area contributed by atoms with E-state index in [4.69, 9.17) is 5.73 Å². The molecule has 1 aliphatic carbocycles. The molecule has 5 nitrogen and oxygen atoms in total. The van der Waals surface area contributed by atoms with Crippen LogP contribution in [0.3, 0.4) is 0 Å². The molecule has 1 unspecified atom stereocenters. The van der Waals surface area contributed by atoms with E-state index in [0.717, 1.165) is 32.1 Å². The Labute approximate surface area is 120 Å². The van der Waals surface area contributed by atoms with Crippen molar-refractivity contribution in [3.63, 3.8) is 0 Å². The molecule has 0 spiro atoms. The number of amides is 1. The van der Waals surface area contributed by atoms with Gasteiger partial charge in [-0.1, -0.05) is 19.3 Å². The van der Waals surface area contributed by atoms with Gasteiger partial charge in [0.05, 0.1) is 5.41 Å². The van der Waals surface area contributed by atoms with Crippen LogP contribution in [0.1, 0.15) is 58.3 Å². The summed E-state index contributed by atoms with van der Waals surface area (Å²) in [7, 11) is 0. The van der Waals surface area contributed by atoms with E-state index in [1.165, 1.54) is 6.42 Å². The molecule has 114 valence electrons. The Balaban J connectivity index is 1.96. The predicted molar refractivity (Wildman–Crippen MR) is 76.2 cm³/mol. The highest BCUT2D eigenvalue weighted by molar-refractivity contribution is 5.80. The Kier molecular flexibility index (Phi) is 4.37. The molecule has 1 saturated carbocycles. The van der Waals surface area contributed by atoms with Gasteiger partial charge in [0.25, 0.3) is 0 Å². The first-order valence-corrected chi connectivity index (χ1v) is 7.65. The van der Waals surface area contributed by atoms with Crippen molar-refractivity contribution in [3.05, 3.63) is 0 Å². The zero-order valence-corrected chi connectivity index (χ0v) is 12.4. The van der Waals surface area contributed by atoms with Crippen molar-refractivity contribution in [2.24, 2.45) is 11.1 Å². The monoisotopic (exact) mass is 282 g/mol. The fourth-order valence-corrected chi connectivity index (χ4v) is 3.47. The van der Waals surface area contributed by atoms with Crippen LogP contribution in [0.4, 0.5) is 0 Å². The highest BCUT2D eigenvalue weighted by Crippen LogP contribution is 2.33. The summed E-state index contributed by atoms with van der Waals surface area (Å²) >= 11 is 0. The van der Waals surface area contributed by atoms with E-state index in [1.807, 2.05) is 0 Å². The average Bonchev–Trinajstić information content (AvgIpc) is 2.39. The third-order valence-corrected chi connectivity index (χ3v) is 4.92. The highest BCUT2D eigenvalue weighted by Gasteiger charge is 2.40. The Hall–Kier alpha value is -1.10. The minimum atomic E-state index is -0.810. The summed E-state index contributed by atoms with van der Waals surface area (Å²) in [6, 6.07) is 0. The van der Waals surface area contributed by atoms with E-state index in [9.17, 15) is 14.7 Å². The number of carbonyl (C=O) groups is 2. The molecule has 0 bridgehead atoms. The number of likely N-dealkylation sites (tertiary alicyclic amines) is 1. The molecular weight excluding hydrogens is 256 g/mol. The number of aliphatic carboxylic acids is 1. The summed E-state index contributed by atoms with van der Waals surface area (Å²) in [4.78, 5) is 25.5. The second-order valence-corrected chi connectivity index (χ2v) is 6.88. The fourth-order valence-electron chi connectivity index (χ4n) is 3.47. The van der Waals surface area contributed by atoms with Crippen molar-refractivity contribution >= 4 is 11.9 Å². The molecule has 3 N–H and O–H groups in total. The molecule has 2 fully saturated rings. The van der Waals surface area contributed by atoms with E-state index in [-0.39, 0.29) is 11.4 Å². The van der Waals surface area contributed by atoms with Gasteiger partial charge >= 0.3 is 5.97 Å². The summed E-state index contributed by atoms with van der Waals surface area (Å²) in [5, 5.41) is 9.31. The number of carboxylic acid groups (broad SMARTS) is 1. The molecule has 1 atom stereocenters. The lowest BCUT2D eigenvalue weighted by Crippen LogP contribution is -2.52. The third-order valence-electron chi connectivity index (χ3n) is 4.92. The summed E-state index contributed by atoms with van der Waals surface area (Å²) in [5.41, 5.74) is 5.16. The van der Waals surface area contributed by atoms with Crippen molar-refractivity contribution in [2.45, 2.75) is 63.8 Å².